The fourth-order valence-corrected chi connectivity index (χ4v) is 0. The van der Waals surface area contributed by atoms with Crippen LogP contribution in [0.5, 0.6) is 0 Å². The maximum Gasteiger partial charge on any atom is 0.171 e. The zero-order valence-corrected chi connectivity index (χ0v) is 5.12. The molecule has 0 fully saturated rings. The Morgan fingerprint density at radius 3 is 0.667 bits per heavy atom. The summed E-state index contributed by atoms with van der Waals surface area (Å²) < 4.78 is 0. The van der Waals surface area contributed by atoms with Gasteiger partial charge in [0.25, 0.3) is 0 Å². The summed E-state index contributed by atoms with van der Waals surface area (Å²) in [5, 5.41) is 0. The van der Waals surface area contributed by atoms with Crippen LogP contribution in [0.2, 0.25) is 0 Å². The van der Waals surface area contributed by atoms with Gasteiger partial charge in [0.1, 0.15) is 0 Å². The average Bonchev–Trinajstić information content (AvgIpc) is 1.72. The molecule has 0 aliphatic carbocycles. The van der Waals surface area contributed by atoms with E-state index in [9.17, 15) is 0 Å². The van der Waals surface area contributed by atoms with E-state index < -0.39 is 5.91 Å². The first kappa shape index (κ1) is 15.7. The summed E-state index contributed by atoms with van der Waals surface area (Å²) in [6.45, 7) is 0. The summed E-state index contributed by atoms with van der Waals surface area (Å²) in [6.07, 6.45) is 16.0. The van der Waals surface area contributed by atoms with Crippen LogP contribution in [0.3, 0.4) is 0 Å². The third kappa shape index (κ3) is 158. The highest BCUT2D eigenvalue weighted by Crippen LogP contribution is 1.43. The van der Waals surface area contributed by atoms with Crippen molar-refractivity contribution in [2.45, 2.75) is 5.91 Å². The molecule has 0 rings (SSSR count). The first-order valence-electron chi connectivity index (χ1n) is 1.82. The summed E-state index contributed by atoms with van der Waals surface area (Å²) >= 11 is 0. The van der Waals surface area contributed by atoms with E-state index in [4.69, 9.17) is 0 Å². The van der Waals surface area contributed by atoms with Crippen molar-refractivity contribution in [3.63, 3.8) is 0 Å². The standard InChI is InChI=1S/2C2H2.CH8N4/c2*1-2;2-1(3,4)5/h2*1-2H;2-5H2. The van der Waals surface area contributed by atoms with E-state index >= 15 is 0 Å². The molecule has 0 amide bonds. The fourth-order valence-electron chi connectivity index (χ4n) is 0. The van der Waals surface area contributed by atoms with Crippen LogP contribution in [-0.2, 0) is 0 Å². The molecular weight excluding hydrogens is 116 g/mol. The van der Waals surface area contributed by atoms with Crippen LogP contribution in [0.1, 0.15) is 0 Å². The topological polar surface area (TPSA) is 104 Å². The van der Waals surface area contributed by atoms with E-state index in [1.807, 2.05) is 0 Å². The molecule has 0 aliphatic rings. The lowest BCUT2D eigenvalue weighted by Crippen LogP contribution is -2.65. The van der Waals surface area contributed by atoms with Gasteiger partial charge in [0.2, 0.25) is 0 Å². The van der Waals surface area contributed by atoms with Crippen molar-refractivity contribution in [1.82, 2.24) is 0 Å². The molecule has 0 spiro atoms. The fraction of sp³-hybridized carbons (Fsp3) is 0.200. The van der Waals surface area contributed by atoms with Crippen molar-refractivity contribution in [3.05, 3.63) is 0 Å². The molecule has 0 atom stereocenters. The van der Waals surface area contributed by atoms with Gasteiger partial charge in [-0.25, -0.2) is 0 Å². The molecule has 52 valence electrons. The van der Waals surface area contributed by atoms with Crippen molar-refractivity contribution in [2.24, 2.45) is 22.9 Å². The Kier molecular flexibility index (Phi) is 17.5. The van der Waals surface area contributed by atoms with Gasteiger partial charge in [0, 0.05) is 0 Å². The summed E-state index contributed by atoms with van der Waals surface area (Å²) in [5.74, 6) is -1.50. The minimum Gasteiger partial charge on any atom is -0.288 e. The lowest BCUT2D eigenvalue weighted by atomic mass is 10.8. The average molecular weight is 128 g/mol. The molecule has 0 radical (unpaired) electrons. The van der Waals surface area contributed by atoms with Gasteiger partial charge in [0.15, 0.2) is 5.91 Å². The molecule has 4 nitrogen and oxygen atoms in total. The lowest BCUT2D eigenvalue weighted by molar-refractivity contribution is 0.484. The van der Waals surface area contributed by atoms with Crippen LogP contribution in [-0.4, -0.2) is 5.91 Å². The van der Waals surface area contributed by atoms with E-state index in [0.717, 1.165) is 0 Å². The van der Waals surface area contributed by atoms with Crippen LogP contribution >= 0.6 is 0 Å². The van der Waals surface area contributed by atoms with Gasteiger partial charge in [0.05, 0.1) is 0 Å². The van der Waals surface area contributed by atoms with E-state index in [0.29, 0.717) is 0 Å². The lowest BCUT2D eigenvalue weighted by Gasteiger charge is -2.07. The van der Waals surface area contributed by atoms with Gasteiger partial charge in [-0.2, -0.15) is 0 Å². The zero-order chi connectivity index (χ0) is 8.50. The Morgan fingerprint density at radius 1 is 0.667 bits per heavy atom. The first-order chi connectivity index (χ1) is 4.00. The molecule has 0 aromatic carbocycles. The van der Waals surface area contributed by atoms with Gasteiger partial charge < -0.3 is 0 Å². The van der Waals surface area contributed by atoms with Gasteiger partial charge >= 0.3 is 0 Å². The first-order valence-corrected chi connectivity index (χ1v) is 1.82. The summed E-state index contributed by atoms with van der Waals surface area (Å²) in [5.41, 5.74) is 18.8. The monoisotopic (exact) mass is 128 g/mol. The molecule has 0 bridgehead atoms. The Morgan fingerprint density at radius 2 is 0.667 bits per heavy atom. The predicted molar refractivity (Wildman–Crippen MR) is 39.3 cm³/mol. The van der Waals surface area contributed by atoms with E-state index in [1.54, 1.807) is 0 Å². The Balaban J connectivity index is -0.0000000771. The number of nitrogens with two attached hydrogens (primary N) is 4. The molecule has 0 aliphatic heterocycles. The molecule has 0 unspecified atom stereocenters. The third-order valence-corrected chi connectivity index (χ3v) is 0. The zero-order valence-electron chi connectivity index (χ0n) is 5.12. The van der Waals surface area contributed by atoms with E-state index in [1.165, 1.54) is 0 Å². The van der Waals surface area contributed by atoms with E-state index in [-0.39, 0.29) is 0 Å². The summed E-state index contributed by atoms with van der Waals surface area (Å²) in [7, 11) is 0. The van der Waals surface area contributed by atoms with Crippen molar-refractivity contribution in [2.75, 3.05) is 0 Å². The number of hydrogen-bond acceptors (Lipinski definition) is 4. The SMILES string of the molecule is C#C.C#C.NC(N)(N)N. The number of terminal acetylenes is 2. The van der Waals surface area contributed by atoms with Gasteiger partial charge in [-0.1, -0.05) is 0 Å². The van der Waals surface area contributed by atoms with Crippen molar-refractivity contribution >= 4 is 0 Å². The molecule has 9 heavy (non-hydrogen) atoms. The highest BCUT2D eigenvalue weighted by Gasteiger charge is 1.96. The third-order valence-electron chi connectivity index (χ3n) is 0. The van der Waals surface area contributed by atoms with Crippen molar-refractivity contribution in [1.29, 1.82) is 0 Å². The van der Waals surface area contributed by atoms with Crippen LogP contribution in [0.4, 0.5) is 0 Å². The molecule has 0 saturated carbocycles. The smallest absolute Gasteiger partial charge is 0.171 e. The second-order valence-electron chi connectivity index (χ2n) is 1.00. The minimum atomic E-state index is -1.50. The Labute approximate surface area is 55.6 Å². The maximum absolute atomic E-state index is 4.69. The Hall–Kier alpha value is -1.04. The summed E-state index contributed by atoms with van der Waals surface area (Å²) in [6, 6.07) is 0. The Bertz CT molecular complexity index is 63.9. The van der Waals surface area contributed by atoms with Crippen LogP contribution in [0.15, 0.2) is 0 Å². The highest BCUT2D eigenvalue weighted by atomic mass is 15.2. The minimum absolute atomic E-state index is 1.50. The molecule has 0 aromatic heterocycles. The molecule has 0 saturated heterocycles. The number of rotatable bonds is 0. The van der Waals surface area contributed by atoms with Crippen LogP contribution in [0.25, 0.3) is 0 Å². The molecular formula is C5H12N4. The van der Waals surface area contributed by atoms with Crippen LogP contribution in [0, 0.1) is 25.7 Å². The molecule has 0 heterocycles. The summed E-state index contributed by atoms with van der Waals surface area (Å²) in [4.78, 5) is 0. The van der Waals surface area contributed by atoms with Crippen molar-refractivity contribution < 1.29 is 0 Å². The molecule has 4 heteroatoms. The molecule has 0 aromatic rings. The van der Waals surface area contributed by atoms with E-state index in [2.05, 4.69) is 48.6 Å². The normalized spacial score (nSPS) is 7.11. The number of hydrogen-bond donors (Lipinski definition) is 4. The maximum atomic E-state index is 4.69. The second-order valence-corrected chi connectivity index (χ2v) is 1.00. The quantitative estimate of drug-likeness (QED) is 0.222. The van der Waals surface area contributed by atoms with Gasteiger partial charge in [-0.3, -0.25) is 22.9 Å². The van der Waals surface area contributed by atoms with Crippen LogP contribution < -0.4 is 22.9 Å². The predicted octanol–water partition coefficient (Wildman–Crippen LogP) is -2.07. The van der Waals surface area contributed by atoms with Gasteiger partial charge in [-0.05, 0) is 0 Å². The van der Waals surface area contributed by atoms with Crippen molar-refractivity contribution in [3.8, 4) is 25.7 Å². The molecule has 8 N–H and O–H groups in total. The van der Waals surface area contributed by atoms with Gasteiger partial charge in [-0.15, -0.1) is 25.7 Å². The second kappa shape index (κ2) is 10.0. The highest BCUT2D eigenvalue weighted by molar-refractivity contribution is 4.51. The largest absolute Gasteiger partial charge is 0.288 e.